The SMILES string of the molecule is CC(=O)c1cccc(NC(=O)c2cc(=O)c3ccc(Br)cc3o2)c1. The number of anilines is 1. The van der Waals surface area contributed by atoms with Gasteiger partial charge in [0.05, 0.1) is 5.39 Å². The van der Waals surface area contributed by atoms with E-state index in [1.807, 2.05) is 0 Å². The molecule has 1 heterocycles. The van der Waals surface area contributed by atoms with Gasteiger partial charge in [0.2, 0.25) is 0 Å². The molecule has 0 unspecified atom stereocenters. The summed E-state index contributed by atoms with van der Waals surface area (Å²) in [5.41, 5.74) is 0.951. The summed E-state index contributed by atoms with van der Waals surface area (Å²) in [5.74, 6) is -0.762. The van der Waals surface area contributed by atoms with E-state index in [1.165, 1.54) is 6.92 Å². The Kier molecular flexibility index (Phi) is 4.31. The predicted molar refractivity (Wildman–Crippen MR) is 94.6 cm³/mol. The summed E-state index contributed by atoms with van der Waals surface area (Å²) >= 11 is 3.30. The van der Waals surface area contributed by atoms with Crippen LogP contribution in [0.1, 0.15) is 27.8 Å². The largest absolute Gasteiger partial charge is 0.451 e. The molecular weight excluding hydrogens is 374 g/mol. The molecule has 0 aliphatic heterocycles. The number of halogens is 1. The van der Waals surface area contributed by atoms with Crippen molar-refractivity contribution in [1.82, 2.24) is 0 Å². The van der Waals surface area contributed by atoms with Gasteiger partial charge in [-0.2, -0.15) is 0 Å². The van der Waals surface area contributed by atoms with E-state index >= 15 is 0 Å². The Hall–Kier alpha value is -2.73. The Balaban J connectivity index is 1.95. The molecule has 5 nitrogen and oxygen atoms in total. The molecule has 0 atom stereocenters. The monoisotopic (exact) mass is 385 g/mol. The predicted octanol–water partition coefficient (Wildman–Crippen LogP) is 4.01. The number of Topliss-reactive ketones (excluding diaryl/α,β-unsaturated/α-hetero) is 1. The lowest BCUT2D eigenvalue weighted by molar-refractivity contribution is 0.0992. The zero-order valence-electron chi connectivity index (χ0n) is 12.6. The minimum absolute atomic E-state index is 0.0983. The molecule has 0 bridgehead atoms. The van der Waals surface area contributed by atoms with Crippen molar-refractivity contribution in [2.75, 3.05) is 5.32 Å². The minimum atomic E-state index is -0.560. The van der Waals surface area contributed by atoms with E-state index in [0.29, 0.717) is 22.2 Å². The quantitative estimate of drug-likeness (QED) is 0.691. The van der Waals surface area contributed by atoms with Crippen LogP contribution in [-0.2, 0) is 0 Å². The summed E-state index contributed by atoms with van der Waals surface area (Å²) < 4.78 is 6.27. The van der Waals surface area contributed by atoms with E-state index in [9.17, 15) is 14.4 Å². The highest BCUT2D eigenvalue weighted by atomic mass is 79.9. The van der Waals surface area contributed by atoms with Crippen molar-refractivity contribution < 1.29 is 14.0 Å². The maximum atomic E-state index is 12.3. The van der Waals surface area contributed by atoms with Gasteiger partial charge in [0.15, 0.2) is 17.0 Å². The van der Waals surface area contributed by atoms with Gasteiger partial charge in [-0.15, -0.1) is 0 Å². The van der Waals surface area contributed by atoms with Crippen LogP contribution in [0.3, 0.4) is 0 Å². The smallest absolute Gasteiger partial charge is 0.291 e. The summed E-state index contributed by atoms with van der Waals surface area (Å²) in [4.78, 5) is 35.8. The zero-order valence-corrected chi connectivity index (χ0v) is 14.2. The highest BCUT2D eigenvalue weighted by Gasteiger charge is 2.13. The Bertz CT molecular complexity index is 1020. The van der Waals surface area contributed by atoms with Gasteiger partial charge in [0.1, 0.15) is 5.58 Å². The number of fused-ring (bicyclic) bond motifs is 1. The number of rotatable bonds is 3. The Labute approximate surface area is 145 Å². The summed E-state index contributed by atoms with van der Waals surface area (Å²) in [6, 6.07) is 12.7. The fourth-order valence-electron chi connectivity index (χ4n) is 2.25. The van der Waals surface area contributed by atoms with Crippen LogP contribution in [0, 0.1) is 0 Å². The van der Waals surface area contributed by atoms with Crippen LogP contribution in [0.2, 0.25) is 0 Å². The molecule has 3 rings (SSSR count). The third kappa shape index (κ3) is 3.28. The van der Waals surface area contributed by atoms with Crippen molar-refractivity contribution in [3.63, 3.8) is 0 Å². The maximum Gasteiger partial charge on any atom is 0.291 e. The molecule has 24 heavy (non-hydrogen) atoms. The average molecular weight is 386 g/mol. The van der Waals surface area contributed by atoms with E-state index in [4.69, 9.17) is 4.42 Å². The average Bonchev–Trinajstić information content (AvgIpc) is 2.54. The van der Waals surface area contributed by atoms with E-state index in [-0.39, 0.29) is 17.0 Å². The number of ketones is 1. The van der Waals surface area contributed by atoms with E-state index in [0.717, 1.165) is 10.5 Å². The minimum Gasteiger partial charge on any atom is -0.451 e. The van der Waals surface area contributed by atoms with Gasteiger partial charge in [-0.25, -0.2) is 0 Å². The molecule has 120 valence electrons. The van der Waals surface area contributed by atoms with Crippen LogP contribution in [0.25, 0.3) is 11.0 Å². The lowest BCUT2D eigenvalue weighted by Crippen LogP contribution is -2.15. The number of nitrogens with one attached hydrogen (secondary N) is 1. The lowest BCUT2D eigenvalue weighted by Gasteiger charge is -2.06. The molecule has 0 aliphatic carbocycles. The first-order valence-corrected chi connectivity index (χ1v) is 7.89. The number of hydrogen-bond acceptors (Lipinski definition) is 4. The van der Waals surface area contributed by atoms with E-state index < -0.39 is 5.91 Å². The first-order chi connectivity index (χ1) is 11.4. The number of carbonyl (C=O) groups excluding carboxylic acids is 2. The van der Waals surface area contributed by atoms with Crippen molar-refractivity contribution >= 4 is 44.3 Å². The van der Waals surface area contributed by atoms with Gasteiger partial charge in [0.25, 0.3) is 5.91 Å². The molecule has 0 aliphatic rings. The van der Waals surface area contributed by atoms with Gasteiger partial charge in [-0.3, -0.25) is 14.4 Å². The molecule has 0 saturated heterocycles. The second kappa shape index (κ2) is 6.41. The molecular formula is C18H12BrNO4. The highest BCUT2D eigenvalue weighted by Crippen LogP contribution is 2.19. The van der Waals surface area contributed by atoms with Crippen LogP contribution in [0.15, 0.2) is 62.2 Å². The topological polar surface area (TPSA) is 76.4 Å². The first-order valence-electron chi connectivity index (χ1n) is 7.10. The summed E-state index contributed by atoms with van der Waals surface area (Å²) in [6.07, 6.45) is 0. The van der Waals surface area contributed by atoms with Gasteiger partial charge < -0.3 is 9.73 Å². The third-order valence-corrected chi connectivity index (χ3v) is 3.94. The highest BCUT2D eigenvalue weighted by molar-refractivity contribution is 9.10. The fourth-order valence-corrected chi connectivity index (χ4v) is 2.59. The molecule has 1 aromatic heterocycles. The zero-order chi connectivity index (χ0) is 17.3. The lowest BCUT2D eigenvalue weighted by atomic mass is 10.1. The number of hydrogen-bond donors (Lipinski definition) is 1. The van der Waals surface area contributed by atoms with Crippen molar-refractivity contribution in [3.05, 3.63) is 74.6 Å². The second-order valence-electron chi connectivity index (χ2n) is 5.21. The Morgan fingerprint density at radius 2 is 1.88 bits per heavy atom. The van der Waals surface area contributed by atoms with Gasteiger partial charge in [0, 0.05) is 21.8 Å². The molecule has 1 N–H and O–H groups in total. The van der Waals surface area contributed by atoms with Crippen LogP contribution in [-0.4, -0.2) is 11.7 Å². The van der Waals surface area contributed by atoms with E-state index in [1.54, 1.807) is 42.5 Å². The standard InChI is InChI=1S/C18H12BrNO4/c1-10(21)11-3-2-4-13(7-11)20-18(23)17-9-15(22)14-6-5-12(19)8-16(14)24-17/h2-9H,1H3,(H,20,23). The van der Waals surface area contributed by atoms with Crippen LogP contribution in [0.5, 0.6) is 0 Å². The Morgan fingerprint density at radius 1 is 1.08 bits per heavy atom. The fraction of sp³-hybridized carbons (Fsp3) is 0.0556. The summed E-state index contributed by atoms with van der Waals surface area (Å²) in [6.45, 7) is 1.45. The van der Waals surface area contributed by atoms with Crippen LogP contribution < -0.4 is 10.7 Å². The molecule has 0 spiro atoms. The second-order valence-corrected chi connectivity index (χ2v) is 6.12. The van der Waals surface area contributed by atoms with Crippen LogP contribution >= 0.6 is 15.9 Å². The third-order valence-electron chi connectivity index (χ3n) is 3.44. The summed E-state index contributed by atoms with van der Waals surface area (Å²) in [7, 11) is 0. The maximum absolute atomic E-state index is 12.3. The molecule has 2 aromatic carbocycles. The molecule has 1 amide bonds. The van der Waals surface area contributed by atoms with Gasteiger partial charge >= 0.3 is 0 Å². The first kappa shape index (κ1) is 16.1. The number of benzene rings is 2. The van der Waals surface area contributed by atoms with Crippen molar-refractivity contribution in [1.29, 1.82) is 0 Å². The molecule has 0 saturated carbocycles. The van der Waals surface area contributed by atoms with Crippen molar-refractivity contribution in [2.45, 2.75) is 6.92 Å². The van der Waals surface area contributed by atoms with Crippen molar-refractivity contribution in [3.8, 4) is 0 Å². The molecule has 0 fully saturated rings. The molecule has 3 aromatic rings. The number of amides is 1. The molecule has 0 radical (unpaired) electrons. The summed E-state index contributed by atoms with van der Waals surface area (Å²) in [5, 5.41) is 3.02. The Morgan fingerprint density at radius 3 is 2.62 bits per heavy atom. The van der Waals surface area contributed by atoms with Gasteiger partial charge in [-0.05, 0) is 37.3 Å². The normalized spacial score (nSPS) is 10.6. The number of carbonyl (C=O) groups is 2. The van der Waals surface area contributed by atoms with Gasteiger partial charge in [-0.1, -0.05) is 28.1 Å². The molecule has 6 heteroatoms. The van der Waals surface area contributed by atoms with E-state index in [2.05, 4.69) is 21.2 Å². The van der Waals surface area contributed by atoms with Crippen molar-refractivity contribution in [2.24, 2.45) is 0 Å². The van der Waals surface area contributed by atoms with Crippen LogP contribution in [0.4, 0.5) is 5.69 Å².